The van der Waals surface area contributed by atoms with Crippen molar-refractivity contribution in [1.29, 1.82) is 0 Å². The third kappa shape index (κ3) is 3.40. The number of phenolic OH excluding ortho intramolecular Hbond substituents is 1. The van der Waals surface area contributed by atoms with Gasteiger partial charge in [0.05, 0.1) is 18.3 Å². The first-order valence-electron chi connectivity index (χ1n) is 10.1. The van der Waals surface area contributed by atoms with Crippen LogP contribution in [-0.2, 0) is 11.3 Å². The van der Waals surface area contributed by atoms with E-state index in [0.717, 1.165) is 33.3 Å². The SMILES string of the molecule is COc1ccc(C2CC(=O)Nc3cccc4c3c2cn4Cc2cccc(F)c2)cc1O. The van der Waals surface area contributed by atoms with E-state index in [4.69, 9.17) is 4.74 Å². The first-order valence-corrected chi connectivity index (χ1v) is 10.1. The molecule has 0 aliphatic carbocycles. The maximum absolute atomic E-state index is 13.7. The van der Waals surface area contributed by atoms with Crippen LogP contribution in [0.5, 0.6) is 11.5 Å². The van der Waals surface area contributed by atoms with Crippen LogP contribution < -0.4 is 10.1 Å². The number of ether oxygens (including phenoxy) is 1. The maximum Gasteiger partial charge on any atom is 0.225 e. The van der Waals surface area contributed by atoms with Gasteiger partial charge in [-0.1, -0.05) is 24.3 Å². The number of hydrogen-bond donors (Lipinski definition) is 2. The van der Waals surface area contributed by atoms with Crippen molar-refractivity contribution in [2.75, 3.05) is 12.4 Å². The van der Waals surface area contributed by atoms with Crippen LogP contribution in [0.3, 0.4) is 0 Å². The summed E-state index contributed by atoms with van der Waals surface area (Å²) in [7, 11) is 1.50. The van der Waals surface area contributed by atoms with Crippen molar-refractivity contribution in [2.45, 2.75) is 18.9 Å². The van der Waals surface area contributed by atoms with Crippen molar-refractivity contribution in [3.63, 3.8) is 0 Å². The number of carbonyl (C=O) groups excluding carboxylic acids is 1. The van der Waals surface area contributed by atoms with Gasteiger partial charge in [-0.15, -0.1) is 0 Å². The highest BCUT2D eigenvalue weighted by Crippen LogP contribution is 2.42. The number of carbonyl (C=O) groups is 1. The summed E-state index contributed by atoms with van der Waals surface area (Å²) in [6, 6.07) is 17.6. The number of rotatable bonds is 4. The predicted octanol–water partition coefficient (Wildman–Crippen LogP) is 5.02. The van der Waals surface area contributed by atoms with Gasteiger partial charge in [-0.25, -0.2) is 4.39 Å². The molecule has 0 saturated carbocycles. The lowest BCUT2D eigenvalue weighted by Crippen LogP contribution is -2.14. The van der Waals surface area contributed by atoms with E-state index in [1.165, 1.54) is 19.2 Å². The third-order valence-corrected chi connectivity index (χ3v) is 5.82. The van der Waals surface area contributed by atoms with E-state index in [-0.39, 0.29) is 29.8 Å². The Kier molecular flexibility index (Phi) is 4.62. The molecule has 0 saturated heterocycles. The largest absolute Gasteiger partial charge is 0.504 e. The topological polar surface area (TPSA) is 63.5 Å². The number of nitrogens with one attached hydrogen (secondary N) is 1. The minimum Gasteiger partial charge on any atom is -0.504 e. The second-order valence-electron chi connectivity index (χ2n) is 7.78. The monoisotopic (exact) mass is 416 g/mol. The van der Waals surface area contributed by atoms with Crippen LogP contribution in [0, 0.1) is 5.82 Å². The Morgan fingerprint density at radius 3 is 2.77 bits per heavy atom. The van der Waals surface area contributed by atoms with Crippen LogP contribution in [0.1, 0.15) is 29.0 Å². The average Bonchev–Trinajstić information content (AvgIpc) is 3.03. The lowest BCUT2D eigenvalue weighted by atomic mass is 9.88. The molecule has 4 aromatic rings. The minimum atomic E-state index is -0.269. The summed E-state index contributed by atoms with van der Waals surface area (Å²) >= 11 is 0. The Morgan fingerprint density at radius 1 is 1.16 bits per heavy atom. The van der Waals surface area contributed by atoms with Crippen LogP contribution in [0.25, 0.3) is 10.9 Å². The van der Waals surface area contributed by atoms with E-state index in [0.29, 0.717) is 12.3 Å². The summed E-state index contributed by atoms with van der Waals surface area (Å²) in [5.74, 6) is -0.170. The van der Waals surface area contributed by atoms with Gasteiger partial charge in [-0.05, 0) is 53.1 Å². The molecule has 0 fully saturated rings. The van der Waals surface area contributed by atoms with E-state index >= 15 is 0 Å². The van der Waals surface area contributed by atoms with Gasteiger partial charge in [0, 0.05) is 30.5 Å². The summed E-state index contributed by atoms with van der Waals surface area (Å²) in [5.41, 5.74) is 4.39. The van der Waals surface area contributed by atoms with Crippen molar-refractivity contribution in [3.05, 3.63) is 89.4 Å². The molecule has 0 spiro atoms. The van der Waals surface area contributed by atoms with Crippen LogP contribution in [0.15, 0.2) is 66.9 Å². The van der Waals surface area contributed by atoms with Gasteiger partial charge in [-0.3, -0.25) is 4.79 Å². The lowest BCUT2D eigenvalue weighted by Gasteiger charge is -2.16. The van der Waals surface area contributed by atoms with Gasteiger partial charge < -0.3 is 19.7 Å². The van der Waals surface area contributed by atoms with E-state index in [1.54, 1.807) is 18.2 Å². The second kappa shape index (κ2) is 7.47. The Balaban J connectivity index is 1.67. The van der Waals surface area contributed by atoms with Crippen molar-refractivity contribution >= 4 is 22.5 Å². The molecule has 31 heavy (non-hydrogen) atoms. The molecule has 0 radical (unpaired) electrons. The quantitative estimate of drug-likeness (QED) is 0.491. The molecule has 5 rings (SSSR count). The van der Waals surface area contributed by atoms with E-state index in [9.17, 15) is 14.3 Å². The number of phenols is 1. The zero-order chi connectivity index (χ0) is 21.5. The van der Waals surface area contributed by atoms with Crippen LogP contribution in [0.2, 0.25) is 0 Å². The molecule has 1 unspecified atom stereocenters. The Hall–Kier alpha value is -3.80. The molecule has 6 heteroatoms. The summed E-state index contributed by atoms with van der Waals surface area (Å²) in [6.45, 7) is 0.506. The predicted molar refractivity (Wildman–Crippen MR) is 117 cm³/mol. The van der Waals surface area contributed by atoms with Crippen LogP contribution in [0.4, 0.5) is 10.1 Å². The number of aromatic hydroxyl groups is 1. The number of methoxy groups -OCH3 is 1. The summed E-state index contributed by atoms with van der Waals surface area (Å²) < 4.78 is 21.0. The van der Waals surface area contributed by atoms with Gasteiger partial charge in [0.15, 0.2) is 11.5 Å². The summed E-state index contributed by atoms with van der Waals surface area (Å²) in [4.78, 5) is 12.6. The van der Waals surface area contributed by atoms with Gasteiger partial charge in [0.25, 0.3) is 0 Å². The fourth-order valence-electron chi connectivity index (χ4n) is 4.43. The molecule has 1 amide bonds. The average molecular weight is 416 g/mol. The molecule has 1 atom stereocenters. The van der Waals surface area contributed by atoms with Gasteiger partial charge in [-0.2, -0.15) is 0 Å². The molecular formula is C25H21FN2O3. The zero-order valence-electron chi connectivity index (χ0n) is 16.9. The Labute approximate surface area is 178 Å². The highest BCUT2D eigenvalue weighted by Gasteiger charge is 2.28. The van der Waals surface area contributed by atoms with Crippen molar-refractivity contribution in [3.8, 4) is 11.5 Å². The molecule has 5 nitrogen and oxygen atoms in total. The van der Waals surface area contributed by atoms with Gasteiger partial charge >= 0.3 is 0 Å². The second-order valence-corrected chi connectivity index (χ2v) is 7.78. The normalized spacial score (nSPS) is 15.5. The van der Waals surface area contributed by atoms with Crippen LogP contribution >= 0.6 is 0 Å². The van der Waals surface area contributed by atoms with Crippen molar-refractivity contribution in [1.82, 2.24) is 4.57 Å². The van der Waals surface area contributed by atoms with Crippen LogP contribution in [-0.4, -0.2) is 22.7 Å². The lowest BCUT2D eigenvalue weighted by molar-refractivity contribution is -0.116. The molecule has 2 heterocycles. The van der Waals surface area contributed by atoms with Gasteiger partial charge in [0.2, 0.25) is 5.91 Å². The number of nitrogens with zero attached hydrogens (tertiary/aromatic N) is 1. The van der Waals surface area contributed by atoms with Gasteiger partial charge in [0.1, 0.15) is 5.82 Å². The minimum absolute atomic E-state index is 0.0355. The van der Waals surface area contributed by atoms with Crippen molar-refractivity contribution < 1.29 is 19.0 Å². The first-order chi connectivity index (χ1) is 15.0. The number of amides is 1. The Bertz CT molecular complexity index is 1310. The molecule has 1 aliphatic heterocycles. The van der Waals surface area contributed by atoms with Crippen molar-refractivity contribution in [2.24, 2.45) is 0 Å². The number of hydrogen-bond acceptors (Lipinski definition) is 3. The van der Waals surface area contributed by atoms with E-state index in [1.807, 2.05) is 36.5 Å². The number of halogens is 1. The third-order valence-electron chi connectivity index (χ3n) is 5.82. The Morgan fingerprint density at radius 2 is 2.00 bits per heavy atom. The molecule has 0 bridgehead atoms. The number of benzene rings is 3. The molecule has 2 N–H and O–H groups in total. The van der Waals surface area contributed by atoms with E-state index < -0.39 is 0 Å². The molecule has 1 aliphatic rings. The smallest absolute Gasteiger partial charge is 0.225 e. The number of anilines is 1. The highest BCUT2D eigenvalue weighted by atomic mass is 19.1. The first kappa shape index (κ1) is 19.2. The highest BCUT2D eigenvalue weighted by molar-refractivity contribution is 6.06. The number of aromatic nitrogens is 1. The van der Waals surface area contributed by atoms with E-state index in [2.05, 4.69) is 9.88 Å². The zero-order valence-corrected chi connectivity index (χ0v) is 16.9. The fourth-order valence-corrected chi connectivity index (χ4v) is 4.43. The fraction of sp³-hybridized carbons (Fsp3) is 0.160. The molecular weight excluding hydrogens is 395 g/mol. The molecule has 3 aromatic carbocycles. The maximum atomic E-state index is 13.7. The summed E-state index contributed by atoms with van der Waals surface area (Å²) in [5, 5.41) is 14.3. The summed E-state index contributed by atoms with van der Waals surface area (Å²) in [6.07, 6.45) is 2.28. The molecule has 1 aromatic heterocycles. The molecule has 156 valence electrons. The standard InChI is InChI=1S/C25H21FN2O3/c1-31-23-9-8-16(11-22(23)29)18-12-24(30)27-20-6-3-7-21-25(20)19(18)14-28(21)13-15-4-2-5-17(26)10-15/h2-11,14,18,29H,12-13H2,1H3,(H,27,30).